The van der Waals surface area contributed by atoms with Crippen LogP contribution in [-0.4, -0.2) is 52.7 Å². The largest absolute Gasteiger partial charge is 0.493 e. The maximum Gasteiger partial charge on any atom is 0.289 e. The Morgan fingerprint density at radius 2 is 2.03 bits per heavy atom. The van der Waals surface area contributed by atoms with E-state index in [0.717, 1.165) is 35.4 Å². The molecule has 1 aliphatic heterocycles. The minimum Gasteiger partial charge on any atom is -0.493 e. The minimum atomic E-state index is -0.0872. The number of pyridine rings is 1. The van der Waals surface area contributed by atoms with Crippen LogP contribution in [0.1, 0.15) is 35.1 Å². The van der Waals surface area contributed by atoms with Gasteiger partial charge in [0.15, 0.2) is 28.7 Å². The number of rotatable bonds is 5. The third-order valence-electron chi connectivity index (χ3n) is 5.87. The summed E-state index contributed by atoms with van der Waals surface area (Å²) in [6.07, 6.45) is 5.30. The Morgan fingerprint density at radius 3 is 2.81 bits per heavy atom. The lowest BCUT2D eigenvalue weighted by atomic mass is 9.97. The fourth-order valence-electron chi connectivity index (χ4n) is 4.28. The number of carbonyl (C=O) groups is 1. The maximum atomic E-state index is 12.7. The van der Waals surface area contributed by atoms with E-state index in [2.05, 4.69) is 0 Å². The Morgan fingerprint density at radius 1 is 1.12 bits per heavy atom. The zero-order chi connectivity index (χ0) is 22.1. The second kappa shape index (κ2) is 8.37. The second-order valence-corrected chi connectivity index (χ2v) is 7.80. The standard InChI is InChI=1S/C24H24N4O4/c1-30-19-8-3-7-18(22(19)31-2)16-10-11-21-25-23(26-28(21)15-16)17-6-4-12-27(14-17)24(29)20-9-5-13-32-20/h3,5,7-11,13,15,17H,4,6,12,14H2,1-2H3. The van der Waals surface area contributed by atoms with Crippen LogP contribution in [0.2, 0.25) is 0 Å². The van der Waals surface area contributed by atoms with Crippen molar-refractivity contribution in [3.63, 3.8) is 0 Å². The number of ether oxygens (including phenoxy) is 2. The van der Waals surface area contributed by atoms with E-state index in [0.29, 0.717) is 30.3 Å². The second-order valence-electron chi connectivity index (χ2n) is 7.80. The average Bonchev–Trinajstić information content (AvgIpc) is 3.53. The number of methoxy groups -OCH3 is 2. The highest BCUT2D eigenvalue weighted by Gasteiger charge is 2.29. The molecule has 32 heavy (non-hydrogen) atoms. The number of aromatic nitrogens is 3. The molecule has 0 spiro atoms. The molecule has 0 N–H and O–H groups in total. The quantitative estimate of drug-likeness (QED) is 0.474. The van der Waals surface area contributed by atoms with Crippen LogP contribution in [0.25, 0.3) is 16.8 Å². The Balaban J connectivity index is 1.43. The summed E-state index contributed by atoms with van der Waals surface area (Å²) in [4.78, 5) is 19.3. The van der Waals surface area contributed by atoms with E-state index in [4.69, 9.17) is 24.0 Å². The van der Waals surface area contributed by atoms with Crippen molar-refractivity contribution in [2.45, 2.75) is 18.8 Å². The third-order valence-corrected chi connectivity index (χ3v) is 5.87. The first-order chi connectivity index (χ1) is 15.7. The van der Waals surface area contributed by atoms with Crippen molar-refractivity contribution >= 4 is 11.6 Å². The molecular weight excluding hydrogens is 408 g/mol. The Bertz CT molecular complexity index is 1250. The molecule has 8 nitrogen and oxygen atoms in total. The normalized spacial score (nSPS) is 16.3. The molecule has 1 saturated heterocycles. The molecule has 0 aliphatic carbocycles. The van der Waals surface area contributed by atoms with Crippen molar-refractivity contribution in [2.75, 3.05) is 27.3 Å². The molecule has 1 atom stereocenters. The van der Waals surface area contributed by atoms with E-state index >= 15 is 0 Å². The van der Waals surface area contributed by atoms with Crippen LogP contribution in [-0.2, 0) is 0 Å². The van der Waals surface area contributed by atoms with Gasteiger partial charge < -0.3 is 18.8 Å². The van der Waals surface area contributed by atoms with Crippen LogP contribution < -0.4 is 9.47 Å². The summed E-state index contributed by atoms with van der Waals surface area (Å²) in [5, 5.41) is 4.75. The fraction of sp³-hybridized carbons (Fsp3) is 0.292. The number of para-hydroxylation sites is 1. The predicted octanol–water partition coefficient (Wildman–Crippen LogP) is 4.03. The van der Waals surface area contributed by atoms with E-state index in [1.807, 2.05) is 41.4 Å². The number of amides is 1. The minimum absolute atomic E-state index is 0.0809. The summed E-state index contributed by atoms with van der Waals surface area (Å²) in [7, 11) is 3.25. The summed E-state index contributed by atoms with van der Waals surface area (Å²) >= 11 is 0. The Labute approximate surface area is 185 Å². The van der Waals surface area contributed by atoms with Crippen molar-refractivity contribution in [2.24, 2.45) is 0 Å². The van der Waals surface area contributed by atoms with Gasteiger partial charge in [-0.05, 0) is 43.2 Å². The van der Waals surface area contributed by atoms with Gasteiger partial charge in [-0.2, -0.15) is 5.10 Å². The Kier molecular flexibility index (Phi) is 5.26. The summed E-state index contributed by atoms with van der Waals surface area (Å²) in [6, 6.07) is 13.2. The number of fused-ring (bicyclic) bond motifs is 1. The number of nitrogens with zero attached hydrogens (tertiary/aromatic N) is 4. The van der Waals surface area contributed by atoms with Gasteiger partial charge in [-0.1, -0.05) is 12.1 Å². The summed E-state index contributed by atoms with van der Waals surface area (Å²) in [5.41, 5.74) is 2.63. The SMILES string of the molecule is COc1cccc(-c2ccc3nc(C4CCCN(C(=O)c5ccco5)C4)nn3c2)c1OC. The molecule has 8 heteroatoms. The van der Waals surface area contributed by atoms with Crippen LogP contribution in [0.15, 0.2) is 59.3 Å². The molecule has 1 aromatic carbocycles. The average molecular weight is 432 g/mol. The number of likely N-dealkylation sites (tertiary alicyclic amines) is 1. The topological polar surface area (TPSA) is 82.1 Å². The molecule has 5 rings (SSSR count). The van der Waals surface area contributed by atoms with Crippen molar-refractivity contribution in [1.82, 2.24) is 19.5 Å². The first kappa shape index (κ1) is 20.1. The van der Waals surface area contributed by atoms with Gasteiger partial charge in [0.1, 0.15) is 0 Å². The monoisotopic (exact) mass is 432 g/mol. The zero-order valence-electron chi connectivity index (χ0n) is 18.0. The molecular formula is C24H24N4O4. The van der Waals surface area contributed by atoms with Crippen LogP contribution >= 0.6 is 0 Å². The van der Waals surface area contributed by atoms with E-state index in [1.165, 1.54) is 6.26 Å². The molecule has 4 aromatic rings. The molecule has 1 aliphatic rings. The molecule has 1 unspecified atom stereocenters. The third kappa shape index (κ3) is 3.57. The van der Waals surface area contributed by atoms with E-state index in [9.17, 15) is 4.79 Å². The highest BCUT2D eigenvalue weighted by molar-refractivity contribution is 5.91. The van der Waals surface area contributed by atoms with Crippen molar-refractivity contribution in [3.8, 4) is 22.6 Å². The number of hydrogen-bond acceptors (Lipinski definition) is 6. The maximum absolute atomic E-state index is 12.7. The lowest BCUT2D eigenvalue weighted by Crippen LogP contribution is -2.39. The van der Waals surface area contributed by atoms with Gasteiger partial charge in [0.2, 0.25) is 0 Å². The van der Waals surface area contributed by atoms with Crippen LogP contribution in [0, 0.1) is 0 Å². The van der Waals surface area contributed by atoms with Gasteiger partial charge in [-0.25, -0.2) is 9.50 Å². The summed E-state index contributed by atoms with van der Waals surface area (Å²) < 4.78 is 18.1. The molecule has 4 heterocycles. The predicted molar refractivity (Wildman–Crippen MR) is 118 cm³/mol. The number of carbonyl (C=O) groups excluding carboxylic acids is 1. The molecule has 164 valence electrons. The first-order valence-electron chi connectivity index (χ1n) is 10.6. The van der Waals surface area contributed by atoms with Crippen LogP contribution in [0.3, 0.4) is 0 Å². The fourth-order valence-corrected chi connectivity index (χ4v) is 4.28. The number of benzene rings is 1. The lowest BCUT2D eigenvalue weighted by molar-refractivity contribution is 0.0672. The Hall–Kier alpha value is -3.81. The van der Waals surface area contributed by atoms with Crippen molar-refractivity contribution in [1.29, 1.82) is 0 Å². The van der Waals surface area contributed by atoms with E-state index in [1.54, 1.807) is 30.9 Å². The van der Waals surface area contributed by atoms with Crippen LogP contribution in [0.5, 0.6) is 11.5 Å². The van der Waals surface area contributed by atoms with Gasteiger partial charge in [0.05, 0.1) is 20.5 Å². The van der Waals surface area contributed by atoms with Gasteiger partial charge >= 0.3 is 0 Å². The van der Waals surface area contributed by atoms with Gasteiger partial charge in [-0.3, -0.25) is 4.79 Å². The van der Waals surface area contributed by atoms with Crippen molar-refractivity contribution < 1.29 is 18.7 Å². The highest BCUT2D eigenvalue weighted by Crippen LogP contribution is 2.37. The number of furan rings is 1. The molecule has 1 fully saturated rings. The first-order valence-corrected chi connectivity index (χ1v) is 10.6. The number of piperidine rings is 1. The van der Waals surface area contributed by atoms with Gasteiger partial charge in [-0.15, -0.1) is 0 Å². The lowest BCUT2D eigenvalue weighted by Gasteiger charge is -2.30. The van der Waals surface area contributed by atoms with E-state index in [-0.39, 0.29) is 11.8 Å². The van der Waals surface area contributed by atoms with Gasteiger partial charge in [0.25, 0.3) is 5.91 Å². The van der Waals surface area contributed by atoms with Crippen LogP contribution in [0.4, 0.5) is 0 Å². The highest BCUT2D eigenvalue weighted by atomic mass is 16.5. The molecule has 0 bridgehead atoms. The molecule has 0 radical (unpaired) electrons. The molecule has 3 aromatic heterocycles. The summed E-state index contributed by atoms with van der Waals surface area (Å²) in [5.74, 6) is 2.46. The van der Waals surface area contributed by atoms with E-state index < -0.39 is 0 Å². The molecule has 1 amide bonds. The molecule has 0 saturated carbocycles. The van der Waals surface area contributed by atoms with Gasteiger partial charge in [0, 0.05) is 36.3 Å². The summed E-state index contributed by atoms with van der Waals surface area (Å²) in [6.45, 7) is 1.29. The number of hydrogen-bond donors (Lipinski definition) is 0. The zero-order valence-corrected chi connectivity index (χ0v) is 18.0. The van der Waals surface area contributed by atoms with Crippen molar-refractivity contribution in [3.05, 3.63) is 66.5 Å². The smallest absolute Gasteiger partial charge is 0.289 e.